The minimum Gasteiger partial charge on any atom is -0.504 e. The van der Waals surface area contributed by atoms with Gasteiger partial charge in [-0.1, -0.05) is 17.7 Å². The molecule has 1 N–H and O–H groups in total. The van der Waals surface area contributed by atoms with Crippen LogP contribution in [0.25, 0.3) is 0 Å². The van der Waals surface area contributed by atoms with Gasteiger partial charge in [-0.05, 0) is 96.3 Å². The molecule has 1 saturated heterocycles. The Morgan fingerprint density at radius 1 is 1.00 bits per heavy atom. The van der Waals surface area contributed by atoms with Crippen molar-refractivity contribution in [2.45, 2.75) is 25.7 Å². The lowest BCUT2D eigenvalue weighted by Gasteiger charge is -2.42. The van der Waals surface area contributed by atoms with Gasteiger partial charge in [-0.15, -0.1) is 0 Å². The van der Waals surface area contributed by atoms with Crippen LogP contribution in [0.3, 0.4) is 0 Å². The number of hydrogen-bond acceptors (Lipinski definition) is 6. The zero-order chi connectivity index (χ0) is 26.9. The molecule has 2 aromatic carbocycles. The van der Waals surface area contributed by atoms with Crippen molar-refractivity contribution in [1.29, 1.82) is 0 Å². The average Bonchev–Trinajstić information content (AvgIpc) is 3.16. The number of halogens is 1. The number of fused-ring (bicyclic) bond motifs is 3. The van der Waals surface area contributed by atoms with E-state index in [1.807, 2.05) is 18.2 Å². The van der Waals surface area contributed by atoms with Gasteiger partial charge in [0.15, 0.2) is 23.1 Å². The smallest absolute Gasteiger partial charge is 0.238 e. The van der Waals surface area contributed by atoms with Gasteiger partial charge in [0, 0.05) is 26.2 Å². The highest BCUT2D eigenvalue weighted by Gasteiger charge is 2.56. The van der Waals surface area contributed by atoms with Crippen molar-refractivity contribution < 1.29 is 29.0 Å². The molecule has 1 fully saturated rings. The van der Waals surface area contributed by atoms with E-state index in [9.17, 15) is 24.3 Å². The van der Waals surface area contributed by atoms with Crippen molar-refractivity contribution in [1.82, 2.24) is 0 Å². The number of ketones is 2. The summed E-state index contributed by atoms with van der Waals surface area (Å²) in [6, 6.07) is 12.2. The van der Waals surface area contributed by atoms with Crippen molar-refractivity contribution in [3.63, 3.8) is 0 Å². The number of ether oxygens (including phenoxy) is 1. The predicted octanol–water partition coefficient (Wildman–Crippen LogP) is 4.64. The van der Waals surface area contributed by atoms with Crippen molar-refractivity contribution in [3.8, 4) is 11.5 Å². The zero-order valence-electron chi connectivity index (χ0n) is 20.7. The Labute approximate surface area is 233 Å². The summed E-state index contributed by atoms with van der Waals surface area (Å²) in [6.07, 6.45) is 3.91. The van der Waals surface area contributed by atoms with Crippen LogP contribution in [-0.2, 0) is 19.2 Å². The number of imide groups is 1. The number of carbonyl (C=O) groups is 4. The number of allylic oxidation sites excluding steroid dienone is 6. The van der Waals surface area contributed by atoms with E-state index >= 15 is 0 Å². The number of rotatable bonds is 3. The maximum absolute atomic E-state index is 13.9. The fourth-order valence-electron chi connectivity index (χ4n) is 6.47. The van der Waals surface area contributed by atoms with Gasteiger partial charge in [0.1, 0.15) is 0 Å². The number of carbonyl (C=O) groups excluding carboxylic acids is 4. The first-order chi connectivity index (χ1) is 18.2. The van der Waals surface area contributed by atoms with Crippen molar-refractivity contribution >= 4 is 51.7 Å². The number of phenolic OH excluding ortho intramolecular Hbond substituents is 1. The summed E-state index contributed by atoms with van der Waals surface area (Å²) in [5, 5.41) is 10.6. The zero-order valence-corrected chi connectivity index (χ0v) is 22.9. The number of Topliss-reactive ketones (excluding diaryl/α,β-unsaturated/α-hetero) is 1. The summed E-state index contributed by atoms with van der Waals surface area (Å²) >= 11 is 2.17. The molecule has 7 nitrogen and oxygen atoms in total. The maximum Gasteiger partial charge on any atom is 0.238 e. The summed E-state index contributed by atoms with van der Waals surface area (Å²) in [6.45, 7) is 1.63. The highest BCUT2D eigenvalue weighted by molar-refractivity contribution is 14.1. The highest BCUT2D eigenvalue weighted by atomic mass is 127. The topological polar surface area (TPSA) is 101 Å². The van der Waals surface area contributed by atoms with E-state index in [0.717, 1.165) is 9.14 Å². The Hall–Kier alpha value is -3.53. The number of amides is 2. The summed E-state index contributed by atoms with van der Waals surface area (Å²) in [5.41, 5.74) is 3.15. The number of benzene rings is 2. The lowest BCUT2D eigenvalue weighted by atomic mass is 9.59. The highest BCUT2D eigenvalue weighted by Crippen LogP contribution is 2.55. The third-order valence-corrected chi connectivity index (χ3v) is 8.90. The SMILES string of the molecule is COc1ccc(C2C3=CCC4C(=O)N(c5ccc(I)cc5)C(=O)C4C3CC3=C2C(=O)C(C)=CC3=O)cc1O. The second kappa shape index (κ2) is 9.04. The van der Waals surface area contributed by atoms with Crippen LogP contribution in [0, 0.1) is 21.3 Å². The molecule has 8 heteroatoms. The molecule has 0 bridgehead atoms. The van der Waals surface area contributed by atoms with E-state index in [2.05, 4.69) is 22.6 Å². The molecule has 4 atom stereocenters. The fraction of sp³-hybridized carbons (Fsp3) is 0.267. The van der Waals surface area contributed by atoms with Crippen LogP contribution in [0.4, 0.5) is 5.69 Å². The van der Waals surface area contributed by atoms with Crippen molar-refractivity contribution in [3.05, 3.63) is 86.0 Å². The minimum atomic E-state index is -0.639. The monoisotopic (exact) mass is 621 g/mol. The predicted molar refractivity (Wildman–Crippen MR) is 148 cm³/mol. The van der Waals surface area contributed by atoms with E-state index in [4.69, 9.17) is 4.74 Å². The van der Waals surface area contributed by atoms with Crippen LogP contribution in [0.5, 0.6) is 11.5 Å². The van der Waals surface area contributed by atoms with Gasteiger partial charge in [-0.2, -0.15) is 0 Å². The lowest BCUT2D eigenvalue weighted by molar-refractivity contribution is -0.123. The molecule has 1 heterocycles. The fourth-order valence-corrected chi connectivity index (χ4v) is 6.83. The van der Waals surface area contributed by atoms with Crippen LogP contribution in [0.15, 0.2) is 76.9 Å². The Morgan fingerprint density at radius 3 is 2.42 bits per heavy atom. The maximum atomic E-state index is 13.9. The standard InChI is InChI=1S/C30H24INO6/c1-14-11-22(33)21-13-20-18(25(27(21)28(14)35)15-3-10-24(38-2)23(34)12-15)8-9-19-26(20)30(37)32(29(19)36)17-6-4-16(31)5-7-17/h3-8,10-12,19-20,25-26,34H,9,13H2,1-2H3. The van der Waals surface area contributed by atoms with Crippen LogP contribution in [0.2, 0.25) is 0 Å². The first kappa shape index (κ1) is 24.8. The molecule has 0 aromatic heterocycles. The number of anilines is 1. The quantitative estimate of drug-likeness (QED) is 0.232. The molecule has 2 aromatic rings. The molecule has 192 valence electrons. The van der Waals surface area contributed by atoms with Gasteiger partial charge in [0.05, 0.1) is 24.6 Å². The van der Waals surface area contributed by atoms with Crippen LogP contribution in [-0.4, -0.2) is 35.6 Å². The molecule has 2 amide bonds. The molecule has 0 saturated carbocycles. The number of phenols is 1. The number of hydrogen-bond donors (Lipinski definition) is 1. The minimum absolute atomic E-state index is 0.0811. The lowest BCUT2D eigenvalue weighted by Crippen LogP contribution is -2.39. The molecule has 3 aliphatic carbocycles. The van der Waals surface area contributed by atoms with E-state index < -0.39 is 23.7 Å². The molecule has 0 spiro atoms. The van der Waals surface area contributed by atoms with Gasteiger partial charge in [-0.25, -0.2) is 0 Å². The van der Waals surface area contributed by atoms with Crippen molar-refractivity contribution in [2.75, 3.05) is 12.0 Å². The Balaban J connectivity index is 1.48. The number of aromatic hydroxyl groups is 1. The summed E-state index contributed by atoms with van der Waals surface area (Å²) < 4.78 is 6.20. The number of methoxy groups -OCH3 is 1. The van der Waals surface area contributed by atoms with E-state index in [1.54, 1.807) is 37.3 Å². The van der Waals surface area contributed by atoms with E-state index in [1.165, 1.54) is 18.1 Å². The molecular formula is C30H24INO6. The average molecular weight is 621 g/mol. The second-order valence-corrected chi connectivity index (χ2v) is 11.4. The summed E-state index contributed by atoms with van der Waals surface area (Å²) in [7, 11) is 1.45. The second-order valence-electron chi connectivity index (χ2n) is 10.1. The van der Waals surface area contributed by atoms with Crippen molar-refractivity contribution in [2.24, 2.45) is 17.8 Å². The van der Waals surface area contributed by atoms with Gasteiger partial charge in [0.25, 0.3) is 0 Å². The van der Waals surface area contributed by atoms with E-state index in [0.29, 0.717) is 40.1 Å². The van der Waals surface area contributed by atoms with Gasteiger partial charge >= 0.3 is 0 Å². The first-order valence-corrected chi connectivity index (χ1v) is 13.5. The van der Waals surface area contributed by atoms with Gasteiger partial charge in [-0.3, -0.25) is 24.1 Å². The Kier molecular flexibility index (Phi) is 5.90. The number of nitrogens with zero attached hydrogens (tertiary/aromatic N) is 1. The largest absolute Gasteiger partial charge is 0.504 e. The van der Waals surface area contributed by atoms with E-state index in [-0.39, 0.29) is 35.6 Å². The van der Waals surface area contributed by atoms with Gasteiger partial charge in [0.2, 0.25) is 11.8 Å². The molecule has 6 rings (SSSR count). The van der Waals surface area contributed by atoms with Gasteiger partial charge < -0.3 is 9.84 Å². The first-order valence-electron chi connectivity index (χ1n) is 12.4. The molecular weight excluding hydrogens is 597 g/mol. The van der Waals surface area contributed by atoms with Crippen LogP contribution >= 0.6 is 22.6 Å². The summed E-state index contributed by atoms with van der Waals surface area (Å²) in [5.74, 6) is -2.97. The third-order valence-electron chi connectivity index (χ3n) is 8.19. The summed E-state index contributed by atoms with van der Waals surface area (Å²) in [4.78, 5) is 55.3. The molecule has 38 heavy (non-hydrogen) atoms. The Morgan fingerprint density at radius 2 is 1.74 bits per heavy atom. The normalized spacial score (nSPS) is 26.6. The Bertz CT molecular complexity index is 1530. The molecule has 1 aliphatic heterocycles. The third kappa shape index (κ3) is 3.60. The molecule has 4 unspecified atom stereocenters. The molecule has 4 aliphatic rings. The molecule has 0 radical (unpaired) electrons. The van der Waals surface area contributed by atoms with Crippen LogP contribution in [0.1, 0.15) is 31.2 Å². The van der Waals surface area contributed by atoms with Crippen LogP contribution < -0.4 is 9.64 Å².